The molecule has 0 amide bonds. The number of aliphatic hydroxyl groups excluding tert-OH is 1. The van der Waals surface area contributed by atoms with Crippen LogP contribution in [0.4, 0.5) is 4.39 Å². The molecule has 1 aromatic heterocycles. The molecule has 1 atom stereocenters. The van der Waals surface area contributed by atoms with Crippen LogP contribution in [0.1, 0.15) is 43.2 Å². The average Bonchev–Trinajstić information content (AvgIpc) is 3.03. The van der Waals surface area contributed by atoms with Crippen LogP contribution in [0.5, 0.6) is 0 Å². The normalized spacial score (nSPS) is 18.2. The summed E-state index contributed by atoms with van der Waals surface area (Å²) in [6, 6.07) is 6.12. The zero-order chi connectivity index (χ0) is 16.2. The number of hydrogen-bond donors (Lipinski definition) is 1. The van der Waals surface area contributed by atoms with Crippen LogP contribution >= 0.6 is 0 Å². The van der Waals surface area contributed by atoms with Crippen LogP contribution in [0, 0.1) is 11.7 Å². The smallest absolute Gasteiger partial charge is 0.230 e. The third-order valence-corrected chi connectivity index (χ3v) is 4.46. The number of aromatic nitrogens is 2. The number of halogens is 1. The van der Waals surface area contributed by atoms with Gasteiger partial charge in [0.05, 0.1) is 12.6 Å². The van der Waals surface area contributed by atoms with Gasteiger partial charge in [0.15, 0.2) is 0 Å². The fraction of sp³-hybridized carbons (Fsp3) is 0.529. The SMILES string of the molecule is CCc1nnc(CN2CCC(C(O)c3ccc(F)cc3)CC2)o1. The van der Waals surface area contributed by atoms with Crippen molar-refractivity contribution >= 4 is 0 Å². The lowest BCUT2D eigenvalue weighted by molar-refractivity contribution is 0.0542. The number of hydrogen-bond acceptors (Lipinski definition) is 5. The van der Waals surface area contributed by atoms with E-state index >= 15 is 0 Å². The van der Waals surface area contributed by atoms with Crippen LogP contribution in [-0.4, -0.2) is 33.3 Å². The minimum atomic E-state index is -0.534. The number of piperidine rings is 1. The van der Waals surface area contributed by atoms with Gasteiger partial charge in [0.1, 0.15) is 5.82 Å². The van der Waals surface area contributed by atoms with E-state index in [1.807, 2.05) is 6.92 Å². The maximum atomic E-state index is 13.0. The zero-order valence-electron chi connectivity index (χ0n) is 13.3. The van der Waals surface area contributed by atoms with Gasteiger partial charge in [0, 0.05) is 6.42 Å². The molecule has 3 rings (SSSR count). The van der Waals surface area contributed by atoms with Gasteiger partial charge in [-0.2, -0.15) is 0 Å². The highest BCUT2D eigenvalue weighted by atomic mass is 19.1. The van der Waals surface area contributed by atoms with Crippen LogP contribution < -0.4 is 0 Å². The summed E-state index contributed by atoms with van der Waals surface area (Å²) in [6.07, 6.45) is 2.01. The Morgan fingerprint density at radius 1 is 1.22 bits per heavy atom. The molecule has 124 valence electrons. The average molecular weight is 319 g/mol. The van der Waals surface area contributed by atoms with Gasteiger partial charge in [0.2, 0.25) is 11.8 Å². The first-order chi connectivity index (χ1) is 11.2. The summed E-state index contributed by atoms with van der Waals surface area (Å²) in [5.74, 6) is 1.24. The molecular formula is C17H22FN3O2. The summed E-state index contributed by atoms with van der Waals surface area (Å²) in [7, 11) is 0. The maximum Gasteiger partial charge on any atom is 0.230 e. The van der Waals surface area contributed by atoms with Crippen LogP contribution in [0.15, 0.2) is 28.7 Å². The van der Waals surface area contributed by atoms with E-state index in [0.717, 1.165) is 37.9 Å². The largest absolute Gasteiger partial charge is 0.424 e. The standard InChI is InChI=1S/C17H22FN3O2/c1-2-15-19-20-16(23-15)11-21-9-7-13(8-10-21)17(22)12-3-5-14(18)6-4-12/h3-6,13,17,22H,2,7-11H2,1H3. The number of benzene rings is 1. The predicted molar refractivity (Wildman–Crippen MR) is 83.0 cm³/mol. The van der Waals surface area contributed by atoms with E-state index in [1.165, 1.54) is 12.1 Å². The van der Waals surface area contributed by atoms with Crippen LogP contribution in [-0.2, 0) is 13.0 Å². The molecule has 1 unspecified atom stereocenters. The highest BCUT2D eigenvalue weighted by molar-refractivity contribution is 5.19. The van der Waals surface area contributed by atoms with Crippen molar-refractivity contribution in [1.29, 1.82) is 0 Å². The Kier molecular flexibility index (Phi) is 5.03. The van der Waals surface area contributed by atoms with Gasteiger partial charge in [-0.15, -0.1) is 10.2 Å². The Morgan fingerprint density at radius 2 is 1.87 bits per heavy atom. The summed E-state index contributed by atoms with van der Waals surface area (Å²) in [6.45, 7) is 4.41. The molecule has 0 radical (unpaired) electrons. The summed E-state index contributed by atoms with van der Waals surface area (Å²) in [5.41, 5.74) is 0.786. The van der Waals surface area contributed by atoms with Crippen LogP contribution in [0.2, 0.25) is 0 Å². The van der Waals surface area contributed by atoms with Crippen molar-refractivity contribution in [1.82, 2.24) is 15.1 Å². The van der Waals surface area contributed by atoms with Crippen molar-refractivity contribution in [3.8, 4) is 0 Å². The fourth-order valence-electron chi connectivity index (χ4n) is 3.05. The van der Waals surface area contributed by atoms with E-state index in [1.54, 1.807) is 12.1 Å². The van der Waals surface area contributed by atoms with Gasteiger partial charge in [-0.3, -0.25) is 4.90 Å². The van der Waals surface area contributed by atoms with Crippen LogP contribution in [0.3, 0.4) is 0 Å². The molecule has 0 saturated carbocycles. The molecule has 2 aromatic rings. The molecule has 1 N–H and O–H groups in total. The molecule has 1 saturated heterocycles. The van der Waals surface area contributed by atoms with E-state index < -0.39 is 6.10 Å². The van der Waals surface area contributed by atoms with Crippen molar-refractivity contribution in [3.63, 3.8) is 0 Å². The molecule has 0 aliphatic carbocycles. The number of aryl methyl sites for hydroxylation is 1. The minimum Gasteiger partial charge on any atom is -0.424 e. The summed E-state index contributed by atoms with van der Waals surface area (Å²) < 4.78 is 18.5. The molecule has 1 fully saturated rings. The Hall–Kier alpha value is -1.79. The second-order valence-corrected chi connectivity index (χ2v) is 6.05. The molecule has 2 heterocycles. The van der Waals surface area contributed by atoms with E-state index in [-0.39, 0.29) is 11.7 Å². The van der Waals surface area contributed by atoms with Gasteiger partial charge in [-0.25, -0.2) is 4.39 Å². The third kappa shape index (κ3) is 3.95. The molecule has 23 heavy (non-hydrogen) atoms. The fourth-order valence-corrected chi connectivity index (χ4v) is 3.05. The second-order valence-electron chi connectivity index (χ2n) is 6.05. The first-order valence-electron chi connectivity index (χ1n) is 8.13. The van der Waals surface area contributed by atoms with Gasteiger partial charge in [-0.05, 0) is 49.5 Å². The van der Waals surface area contributed by atoms with E-state index in [4.69, 9.17) is 4.42 Å². The van der Waals surface area contributed by atoms with Gasteiger partial charge in [0.25, 0.3) is 0 Å². The molecule has 5 nitrogen and oxygen atoms in total. The monoisotopic (exact) mass is 319 g/mol. The first kappa shape index (κ1) is 16.1. The van der Waals surface area contributed by atoms with Gasteiger partial charge >= 0.3 is 0 Å². The third-order valence-electron chi connectivity index (χ3n) is 4.46. The lowest BCUT2D eigenvalue weighted by Gasteiger charge is -2.33. The highest BCUT2D eigenvalue weighted by Crippen LogP contribution is 2.31. The number of aliphatic hydroxyl groups is 1. The van der Waals surface area contributed by atoms with Crippen molar-refractivity contribution in [3.05, 3.63) is 47.4 Å². The zero-order valence-corrected chi connectivity index (χ0v) is 13.3. The quantitative estimate of drug-likeness (QED) is 0.918. The minimum absolute atomic E-state index is 0.200. The topological polar surface area (TPSA) is 62.4 Å². The van der Waals surface area contributed by atoms with Crippen molar-refractivity contribution in [2.24, 2.45) is 5.92 Å². The van der Waals surface area contributed by atoms with Gasteiger partial charge < -0.3 is 9.52 Å². The summed E-state index contributed by atoms with van der Waals surface area (Å²) in [4.78, 5) is 2.26. The molecular weight excluding hydrogens is 297 g/mol. The Bertz CT molecular complexity index is 621. The number of likely N-dealkylation sites (tertiary alicyclic amines) is 1. The Balaban J connectivity index is 1.52. The van der Waals surface area contributed by atoms with Crippen molar-refractivity contribution in [2.45, 2.75) is 38.8 Å². The van der Waals surface area contributed by atoms with Crippen molar-refractivity contribution < 1.29 is 13.9 Å². The predicted octanol–water partition coefficient (Wildman–Crippen LogP) is 2.72. The second kappa shape index (κ2) is 7.19. The first-order valence-corrected chi connectivity index (χ1v) is 8.13. The molecule has 0 bridgehead atoms. The maximum absolute atomic E-state index is 13.0. The Labute approximate surface area is 135 Å². The number of rotatable bonds is 5. The van der Waals surface area contributed by atoms with E-state index in [2.05, 4.69) is 15.1 Å². The molecule has 1 aromatic carbocycles. The molecule has 6 heteroatoms. The number of nitrogens with zero attached hydrogens (tertiary/aromatic N) is 3. The highest BCUT2D eigenvalue weighted by Gasteiger charge is 2.27. The molecule has 1 aliphatic heterocycles. The summed E-state index contributed by atoms with van der Waals surface area (Å²) >= 11 is 0. The lowest BCUT2D eigenvalue weighted by Crippen LogP contribution is -2.35. The van der Waals surface area contributed by atoms with E-state index in [9.17, 15) is 9.50 Å². The molecule has 0 spiro atoms. The van der Waals surface area contributed by atoms with Crippen molar-refractivity contribution in [2.75, 3.05) is 13.1 Å². The lowest BCUT2D eigenvalue weighted by atomic mass is 9.87. The summed E-state index contributed by atoms with van der Waals surface area (Å²) in [5, 5.41) is 18.5. The van der Waals surface area contributed by atoms with Crippen LogP contribution in [0.25, 0.3) is 0 Å². The molecule has 1 aliphatic rings. The Morgan fingerprint density at radius 3 is 2.48 bits per heavy atom. The van der Waals surface area contributed by atoms with Gasteiger partial charge in [-0.1, -0.05) is 19.1 Å². The van der Waals surface area contributed by atoms with E-state index in [0.29, 0.717) is 18.3 Å².